The topological polar surface area (TPSA) is 21.3 Å². The smallest absolute Gasteiger partial charge is 0.124 e. The van der Waals surface area contributed by atoms with E-state index in [0.717, 1.165) is 43.2 Å². The summed E-state index contributed by atoms with van der Waals surface area (Å²) in [6, 6.07) is 6.76. The van der Waals surface area contributed by atoms with Crippen molar-refractivity contribution in [2.75, 3.05) is 32.6 Å². The molecule has 1 rings (SSSR count). The number of methoxy groups -OCH3 is 1. The van der Waals surface area contributed by atoms with Gasteiger partial charge in [0, 0.05) is 18.6 Å². The molecular formula is C13H20FNOS. The van der Waals surface area contributed by atoms with Crippen LogP contribution in [0.1, 0.15) is 12.8 Å². The number of ether oxygens (including phenoxy) is 1. The summed E-state index contributed by atoms with van der Waals surface area (Å²) < 4.78 is 17.8. The van der Waals surface area contributed by atoms with Gasteiger partial charge in [-0.05, 0) is 43.3 Å². The van der Waals surface area contributed by atoms with Crippen molar-refractivity contribution in [2.24, 2.45) is 0 Å². The second kappa shape index (κ2) is 9.45. The van der Waals surface area contributed by atoms with Gasteiger partial charge in [0.15, 0.2) is 0 Å². The first kappa shape index (κ1) is 14.5. The van der Waals surface area contributed by atoms with E-state index in [4.69, 9.17) is 4.74 Å². The summed E-state index contributed by atoms with van der Waals surface area (Å²) in [4.78, 5) is 1.01. The lowest BCUT2D eigenvalue weighted by Gasteiger charge is -2.04. The second-order valence-electron chi connectivity index (χ2n) is 3.76. The van der Waals surface area contributed by atoms with Gasteiger partial charge >= 0.3 is 0 Å². The normalized spacial score (nSPS) is 10.7. The van der Waals surface area contributed by atoms with Crippen molar-refractivity contribution < 1.29 is 9.13 Å². The van der Waals surface area contributed by atoms with E-state index in [1.54, 1.807) is 31.0 Å². The number of hydrogen-bond acceptors (Lipinski definition) is 3. The van der Waals surface area contributed by atoms with Crippen molar-refractivity contribution >= 4 is 11.8 Å². The minimum atomic E-state index is -0.156. The molecule has 0 radical (unpaired) electrons. The van der Waals surface area contributed by atoms with Gasteiger partial charge in [0.05, 0.1) is 6.61 Å². The van der Waals surface area contributed by atoms with Crippen molar-refractivity contribution in [2.45, 2.75) is 17.7 Å². The summed E-state index contributed by atoms with van der Waals surface area (Å²) in [5.41, 5.74) is 0. The Kier molecular flexibility index (Phi) is 8.05. The molecule has 0 fully saturated rings. The van der Waals surface area contributed by atoms with Crippen LogP contribution in [0, 0.1) is 5.82 Å². The molecule has 0 aliphatic rings. The molecule has 4 heteroatoms. The van der Waals surface area contributed by atoms with E-state index in [1.165, 1.54) is 6.07 Å². The lowest BCUT2D eigenvalue weighted by Crippen LogP contribution is -2.20. The molecular weight excluding hydrogens is 237 g/mol. The van der Waals surface area contributed by atoms with Gasteiger partial charge in [-0.15, -0.1) is 11.8 Å². The zero-order valence-corrected chi connectivity index (χ0v) is 11.1. The Bertz CT molecular complexity index is 309. The minimum Gasteiger partial charge on any atom is -0.383 e. The van der Waals surface area contributed by atoms with Gasteiger partial charge in [0.1, 0.15) is 5.82 Å². The standard InChI is InChI=1S/C13H20FNOS/c1-16-9-8-15-7-2-3-10-17-13-6-4-5-12(14)11-13/h4-6,11,15H,2-3,7-10H2,1H3. The van der Waals surface area contributed by atoms with E-state index in [1.807, 2.05) is 6.07 Å². The van der Waals surface area contributed by atoms with Crippen LogP contribution in [0.25, 0.3) is 0 Å². The second-order valence-corrected chi connectivity index (χ2v) is 4.92. The number of hydrogen-bond donors (Lipinski definition) is 1. The number of thioether (sulfide) groups is 1. The first-order valence-corrected chi connectivity index (χ1v) is 6.89. The molecule has 17 heavy (non-hydrogen) atoms. The van der Waals surface area contributed by atoms with Crippen LogP contribution in [0.15, 0.2) is 29.2 Å². The molecule has 1 aromatic rings. The summed E-state index contributed by atoms with van der Waals surface area (Å²) >= 11 is 1.71. The highest BCUT2D eigenvalue weighted by Gasteiger charge is 1.96. The van der Waals surface area contributed by atoms with Crippen LogP contribution < -0.4 is 5.32 Å². The minimum absolute atomic E-state index is 0.156. The van der Waals surface area contributed by atoms with Crippen LogP contribution in [-0.4, -0.2) is 32.6 Å². The van der Waals surface area contributed by atoms with E-state index in [0.29, 0.717) is 0 Å². The zero-order valence-electron chi connectivity index (χ0n) is 10.2. The maximum atomic E-state index is 12.9. The number of unbranched alkanes of at least 4 members (excludes halogenated alkanes) is 1. The fourth-order valence-electron chi connectivity index (χ4n) is 1.40. The summed E-state index contributed by atoms with van der Waals surface area (Å²) in [6.07, 6.45) is 2.28. The van der Waals surface area contributed by atoms with Gasteiger partial charge < -0.3 is 10.1 Å². The zero-order chi connectivity index (χ0) is 12.3. The van der Waals surface area contributed by atoms with Crippen molar-refractivity contribution in [3.63, 3.8) is 0 Å². The first-order valence-electron chi connectivity index (χ1n) is 5.91. The van der Waals surface area contributed by atoms with Crippen LogP contribution in [0.3, 0.4) is 0 Å². The van der Waals surface area contributed by atoms with Crippen molar-refractivity contribution in [1.29, 1.82) is 0 Å². The summed E-state index contributed by atoms with van der Waals surface area (Å²) in [5, 5.41) is 3.30. The van der Waals surface area contributed by atoms with Gasteiger partial charge in [-0.25, -0.2) is 4.39 Å². The largest absolute Gasteiger partial charge is 0.383 e. The quantitative estimate of drug-likeness (QED) is 0.543. The average molecular weight is 257 g/mol. The highest BCUT2D eigenvalue weighted by atomic mass is 32.2. The van der Waals surface area contributed by atoms with Gasteiger partial charge in [-0.3, -0.25) is 0 Å². The van der Waals surface area contributed by atoms with Crippen LogP contribution in [0.5, 0.6) is 0 Å². The van der Waals surface area contributed by atoms with Crippen LogP contribution in [0.2, 0.25) is 0 Å². The van der Waals surface area contributed by atoms with E-state index in [9.17, 15) is 4.39 Å². The Labute approximate surface area is 107 Å². The highest BCUT2D eigenvalue weighted by Crippen LogP contribution is 2.19. The number of rotatable bonds is 9. The molecule has 0 heterocycles. The third-order valence-corrected chi connectivity index (χ3v) is 3.38. The van der Waals surface area contributed by atoms with Gasteiger partial charge in [-0.1, -0.05) is 6.07 Å². The molecule has 1 N–H and O–H groups in total. The van der Waals surface area contributed by atoms with Crippen LogP contribution in [-0.2, 0) is 4.74 Å². The van der Waals surface area contributed by atoms with Gasteiger partial charge in [0.2, 0.25) is 0 Å². The fraction of sp³-hybridized carbons (Fsp3) is 0.538. The Hall–Kier alpha value is -0.580. The maximum Gasteiger partial charge on any atom is 0.124 e. The lowest BCUT2D eigenvalue weighted by atomic mass is 10.3. The Morgan fingerprint density at radius 3 is 2.94 bits per heavy atom. The maximum absolute atomic E-state index is 12.9. The lowest BCUT2D eigenvalue weighted by molar-refractivity contribution is 0.199. The van der Waals surface area contributed by atoms with Crippen molar-refractivity contribution in [3.05, 3.63) is 30.1 Å². The Morgan fingerprint density at radius 1 is 1.29 bits per heavy atom. The predicted octanol–water partition coefficient (Wildman–Crippen LogP) is 2.93. The molecule has 0 atom stereocenters. The third-order valence-electron chi connectivity index (χ3n) is 2.30. The summed E-state index contributed by atoms with van der Waals surface area (Å²) in [6.45, 7) is 2.69. The molecule has 0 bridgehead atoms. The average Bonchev–Trinajstić information content (AvgIpc) is 2.33. The van der Waals surface area contributed by atoms with Crippen LogP contribution in [0.4, 0.5) is 4.39 Å². The molecule has 0 aliphatic carbocycles. The fourth-order valence-corrected chi connectivity index (χ4v) is 2.35. The molecule has 0 saturated heterocycles. The summed E-state index contributed by atoms with van der Waals surface area (Å²) in [7, 11) is 1.71. The summed E-state index contributed by atoms with van der Waals surface area (Å²) in [5.74, 6) is 0.881. The van der Waals surface area contributed by atoms with Crippen molar-refractivity contribution in [1.82, 2.24) is 5.32 Å². The third kappa shape index (κ3) is 7.36. The van der Waals surface area contributed by atoms with Gasteiger partial charge in [0.25, 0.3) is 0 Å². The molecule has 0 amide bonds. The molecule has 0 aromatic heterocycles. The monoisotopic (exact) mass is 257 g/mol. The molecule has 96 valence electrons. The van der Waals surface area contributed by atoms with E-state index in [-0.39, 0.29) is 5.82 Å². The van der Waals surface area contributed by atoms with Crippen LogP contribution >= 0.6 is 11.8 Å². The number of nitrogens with one attached hydrogen (secondary N) is 1. The molecule has 0 saturated carbocycles. The highest BCUT2D eigenvalue weighted by molar-refractivity contribution is 7.99. The van der Waals surface area contributed by atoms with E-state index < -0.39 is 0 Å². The Morgan fingerprint density at radius 2 is 2.18 bits per heavy atom. The first-order chi connectivity index (χ1) is 8.33. The van der Waals surface area contributed by atoms with E-state index in [2.05, 4.69) is 5.32 Å². The Balaban J connectivity index is 1.97. The molecule has 2 nitrogen and oxygen atoms in total. The molecule has 0 unspecified atom stereocenters. The van der Waals surface area contributed by atoms with Crippen molar-refractivity contribution in [3.8, 4) is 0 Å². The SMILES string of the molecule is COCCNCCCCSc1cccc(F)c1. The number of halogens is 1. The molecule has 1 aromatic carbocycles. The predicted molar refractivity (Wildman–Crippen MR) is 71.1 cm³/mol. The molecule has 0 aliphatic heterocycles. The van der Waals surface area contributed by atoms with E-state index >= 15 is 0 Å². The molecule has 0 spiro atoms. The van der Waals surface area contributed by atoms with Gasteiger partial charge in [-0.2, -0.15) is 0 Å². The number of benzene rings is 1.